The maximum Gasteiger partial charge on any atom is 0.254 e. The largest absolute Gasteiger partial charge is 0.497 e. The van der Waals surface area contributed by atoms with Gasteiger partial charge in [0.15, 0.2) is 10.9 Å². The predicted octanol–water partition coefficient (Wildman–Crippen LogP) is 4.96. The van der Waals surface area contributed by atoms with Gasteiger partial charge in [-0.2, -0.15) is 0 Å². The minimum atomic E-state index is -0.252. The first-order valence-electron chi connectivity index (χ1n) is 8.71. The zero-order valence-electron chi connectivity index (χ0n) is 15.8. The highest BCUT2D eigenvalue weighted by Crippen LogP contribution is 2.27. The lowest BCUT2D eigenvalue weighted by atomic mass is 10.1. The van der Waals surface area contributed by atoms with E-state index in [2.05, 4.69) is 9.97 Å². The Morgan fingerprint density at radius 2 is 1.79 bits per heavy atom. The minimum absolute atomic E-state index is 0.0726. The molecular weight excluding hydrogens is 431 g/mol. The van der Waals surface area contributed by atoms with Crippen LogP contribution >= 0.6 is 35.0 Å². The molecule has 1 heterocycles. The van der Waals surface area contributed by atoms with E-state index in [0.29, 0.717) is 49.8 Å². The Hall–Kier alpha value is -2.28. The van der Waals surface area contributed by atoms with E-state index in [1.807, 2.05) is 0 Å². The summed E-state index contributed by atoms with van der Waals surface area (Å²) < 4.78 is 5.10. The maximum atomic E-state index is 12.4. The second-order valence-corrected chi connectivity index (χ2v) is 8.04. The summed E-state index contributed by atoms with van der Waals surface area (Å²) in [7, 11) is 1.57. The van der Waals surface area contributed by atoms with E-state index in [1.54, 1.807) is 56.5 Å². The van der Waals surface area contributed by atoms with Gasteiger partial charge in [0, 0.05) is 27.6 Å². The third kappa shape index (κ3) is 5.21. The number of methoxy groups -OCH3 is 1. The van der Waals surface area contributed by atoms with Gasteiger partial charge in [0.1, 0.15) is 5.75 Å². The molecule has 0 radical (unpaired) electrons. The van der Waals surface area contributed by atoms with Crippen molar-refractivity contribution in [1.82, 2.24) is 9.97 Å². The van der Waals surface area contributed by atoms with Crippen LogP contribution in [-0.2, 0) is 6.42 Å². The smallest absolute Gasteiger partial charge is 0.254 e. The average Bonchev–Trinajstić information content (AvgIpc) is 2.72. The van der Waals surface area contributed by atoms with Crippen molar-refractivity contribution in [2.45, 2.75) is 18.5 Å². The van der Waals surface area contributed by atoms with Gasteiger partial charge in [-0.15, -0.1) is 0 Å². The SMILES string of the molecule is COc1ccc(C(=O)CSc2nc(Cc3c(Cl)cccc3Cl)c(C)c(=O)[nH]2)cc1. The number of hydrogen-bond donors (Lipinski definition) is 1. The second kappa shape index (κ2) is 9.48. The summed E-state index contributed by atoms with van der Waals surface area (Å²) in [6, 6.07) is 12.1. The van der Waals surface area contributed by atoms with Crippen LogP contribution in [0.4, 0.5) is 0 Å². The minimum Gasteiger partial charge on any atom is -0.497 e. The lowest BCUT2D eigenvalue weighted by Gasteiger charge is -2.10. The van der Waals surface area contributed by atoms with Gasteiger partial charge in [0.05, 0.1) is 18.6 Å². The van der Waals surface area contributed by atoms with Crippen LogP contribution in [-0.4, -0.2) is 28.6 Å². The molecule has 1 N–H and O–H groups in total. The Balaban J connectivity index is 1.78. The number of halogens is 2. The van der Waals surface area contributed by atoms with Gasteiger partial charge in [-0.05, 0) is 48.9 Å². The number of H-pyrrole nitrogens is 1. The van der Waals surface area contributed by atoms with Crippen molar-refractivity contribution in [3.8, 4) is 5.75 Å². The van der Waals surface area contributed by atoms with E-state index in [4.69, 9.17) is 27.9 Å². The molecule has 0 saturated heterocycles. The Morgan fingerprint density at radius 3 is 2.41 bits per heavy atom. The van der Waals surface area contributed by atoms with Crippen LogP contribution in [0.5, 0.6) is 5.75 Å². The molecular formula is C21H18Cl2N2O3S. The number of hydrogen-bond acceptors (Lipinski definition) is 5. The molecule has 5 nitrogen and oxygen atoms in total. The van der Waals surface area contributed by atoms with Crippen LogP contribution in [0.25, 0.3) is 0 Å². The molecule has 150 valence electrons. The molecule has 3 rings (SSSR count). The summed E-state index contributed by atoms with van der Waals surface area (Å²) in [6.45, 7) is 1.70. The number of benzene rings is 2. The monoisotopic (exact) mass is 448 g/mol. The van der Waals surface area contributed by atoms with Gasteiger partial charge in [0.25, 0.3) is 5.56 Å². The molecule has 0 aliphatic carbocycles. The Kier molecular flexibility index (Phi) is 7.00. The molecule has 1 aromatic heterocycles. The predicted molar refractivity (Wildman–Crippen MR) is 117 cm³/mol. The lowest BCUT2D eigenvalue weighted by Crippen LogP contribution is -2.17. The summed E-state index contributed by atoms with van der Waals surface area (Å²) in [6.07, 6.45) is 0.328. The van der Waals surface area contributed by atoms with Crippen LogP contribution in [0.1, 0.15) is 27.2 Å². The first-order chi connectivity index (χ1) is 13.9. The van der Waals surface area contributed by atoms with Gasteiger partial charge in [-0.25, -0.2) is 4.98 Å². The van der Waals surface area contributed by atoms with E-state index in [1.165, 1.54) is 11.8 Å². The van der Waals surface area contributed by atoms with Gasteiger partial charge in [-0.1, -0.05) is 41.0 Å². The number of ketones is 1. The maximum absolute atomic E-state index is 12.4. The topological polar surface area (TPSA) is 72.0 Å². The zero-order valence-corrected chi connectivity index (χ0v) is 18.1. The molecule has 2 aromatic carbocycles. The van der Waals surface area contributed by atoms with Crippen LogP contribution < -0.4 is 10.3 Å². The Labute approximate surface area is 182 Å². The van der Waals surface area contributed by atoms with E-state index >= 15 is 0 Å². The van der Waals surface area contributed by atoms with Crippen LogP contribution in [0.2, 0.25) is 10.0 Å². The first-order valence-corrected chi connectivity index (χ1v) is 10.5. The van der Waals surface area contributed by atoms with E-state index in [0.717, 1.165) is 0 Å². The van der Waals surface area contributed by atoms with Gasteiger partial charge < -0.3 is 9.72 Å². The van der Waals surface area contributed by atoms with Crippen LogP contribution in [0, 0.1) is 6.92 Å². The highest BCUT2D eigenvalue weighted by atomic mass is 35.5. The fourth-order valence-electron chi connectivity index (χ4n) is 2.66. The van der Waals surface area contributed by atoms with Crippen LogP contribution in [0.15, 0.2) is 52.4 Å². The van der Waals surface area contributed by atoms with E-state index in [-0.39, 0.29) is 17.1 Å². The molecule has 0 aliphatic heterocycles. The fourth-order valence-corrected chi connectivity index (χ4v) is 3.96. The lowest BCUT2D eigenvalue weighted by molar-refractivity contribution is 0.102. The third-order valence-electron chi connectivity index (χ3n) is 4.39. The standard InChI is InChI=1S/C21H18Cl2N2O3S/c1-12-18(10-15-16(22)4-3-5-17(15)23)24-21(25-20(12)27)29-11-19(26)13-6-8-14(28-2)9-7-13/h3-9H,10-11H2,1-2H3,(H,24,25,27). The number of thioether (sulfide) groups is 1. The normalized spacial score (nSPS) is 10.8. The molecule has 0 unspecified atom stereocenters. The molecule has 0 atom stereocenters. The Morgan fingerprint density at radius 1 is 1.14 bits per heavy atom. The molecule has 3 aromatic rings. The van der Waals surface area contributed by atoms with Gasteiger partial charge in [0.2, 0.25) is 0 Å². The third-order valence-corrected chi connectivity index (χ3v) is 5.97. The molecule has 8 heteroatoms. The average molecular weight is 449 g/mol. The molecule has 0 bridgehead atoms. The number of nitrogens with zero attached hydrogens (tertiary/aromatic N) is 1. The number of carbonyl (C=O) groups is 1. The van der Waals surface area contributed by atoms with Crippen molar-refractivity contribution in [3.63, 3.8) is 0 Å². The van der Waals surface area contributed by atoms with Crippen molar-refractivity contribution in [2.75, 3.05) is 12.9 Å². The Bertz CT molecular complexity index is 1080. The summed E-state index contributed by atoms with van der Waals surface area (Å²) >= 11 is 13.7. The first kappa shape index (κ1) is 21.4. The van der Waals surface area contributed by atoms with Gasteiger partial charge >= 0.3 is 0 Å². The number of ether oxygens (including phenoxy) is 1. The number of Topliss-reactive ketones (excluding diaryl/α,β-unsaturated/α-hetero) is 1. The number of nitrogens with one attached hydrogen (secondary N) is 1. The number of carbonyl (C=O) groups excluding carboxylic acids is 1. The van der Waals surface area contributed by atoms with E-state index in [9.17, 15) is 9.59 Å². The molecule has 0 amide bonds. The molecule has 0 saturated carbocycles. The number of aromatic nitrogens is 2. The van der Waals surface area contributed by atoms with Crippen LogP contribution in [0.3, 0.4) is 0 Å². The summed E-state index contributed by atoms with van der Waals surface area (Å²) in [5.74, 6) is 0.753. The molecule has 0 aliphatic rings. The summed E-state index contributed by atoms with van der Waals surface area (Å²) in [4.78, 5) is 32.0. The van der Waals surface area contributed by atoms with Crippen molar-refractivity contribution >= 4 is 40.7 Å². The summed E-state index contributed by atoms with van der Waals surface area (Å²) in [5, 5.41) is 1.41. The quantitative estimate of drug-likeness (QED) is 0.314. The fraction of sp³-hybridized carbons (Fsp3) is 0.190. The van der Waals surface area contributed by atoms with Gasteiger partial charge in [-0.3, -0.25) is 9.59 Å². The molecule has 0 spiro atoms. The van der Waals surface area contributed by atoms with Crippen molar-refractivity contribution in [3.05, 3.63) is 85.2 Å². The highest BCUT2D eigenvalue weighted by molar-refractivity contribution is 7.99. The number of aromatic amines is 1. The van der Waals surface area contributed by atoms with Crippen molar-refractivity contribution < 1.29 is 9.53 Å². The zero-order chi connectivity index (χ0) is 21.0. The van der Waals surface area contributed by atoms with Crippen molar-refractivity contribution in [2.24, 2.45) is 0 Å². The van der Waals surface area contributed by atoms with E-state index < -0.39 is 0 Å². The van der Waals surface area contributed by atoms with Crippen molar-refractivity contribution in [1.29, 1.82) is 0 Å². The molecule has 0 fully saturated rings. The molecule has 29 heavy (non-hydrogen) atoms. The second-order valence-electron chi connectivity index (χ2n) is 6.26. The summed E-state index contributed by atoms with van der Waals surface area (Å²) in [5.41, 5.74) is 2.09. The highest BCUT2D eigenvalue weighted by Gasteiger charge is 2.14. The number of rotatable bonds is 7.